The lowest BCUT2D eigenvalue weighted by Crippen LogP contribution is -1.91. The molecule has 0 amide bonds. The third-order valence-electron chi connectivity index (χ3n) is 4.33. The van der Waals surface area contributed by atoms with E-state index in [2.05, 4.69) is 19.4 Å². The first kappa shape index (κ1) is 18.1. The van der Waals surface area contributed by atoms with Crippen LogP contribution in [0.1, 0.15) is 5.56 Å². The number of hydrogen-bond donors (Lipinski definition) is 0. The Morgan fingerprint density at radius 3 is 2.54 bits per heavy atom. The van der Waals surface area contributed by atoms with E-state index in [1.165, 1.54) is 0 Å². The van der Waals surface area contributed by atoms with Crippen molar-refractivity contribution in [2.45, 2.75) is 0 Å². The van der Waals surface area contributed by atoms with E-state index < -0.39 is 0 Å². The molecular formula is C22H18N3O2P. The van der Waals surface area contributed by atoms with Crippen molar-refractivity contribution in [2.75, 3.05) is 7.11 Å². The lowest BCUT2D eigenvalue weighted by molar-refractivity contribution is 0.414. The maximum Gasteiger partial charge on any atom is 0.131 e. The highest BCUT2D eigenvalue weighted by Gasteiger charge is 2.10. The van der Waals surface area contributed by atoms with Crippen LogP contribution in [0.3, 0.4) is 0 Å². The van der Waals surface area contributed by atoms with Gasteiger partial charge in [0.15, 0.2) is 0 Å². The molecule has 0 fully saturated rings. The molecule has 0 radical (unpaired) electrons. The topological polar surface area (TPSA) is 56.6 Å². The third kappa shape index (κ3) is 3.57. The number of methoxy groups -OCH3 is 1. The van der Waals surface area contributed by atoms with E-state index in [4.69, 9.17) is 14.2 Å². The minimum Gasteiger partial charge on any atom is -0.496 e. The molecule has 0 aliphatic rings. The van der Waals surface area contributed by atoms with Crippen LogP contribution in [0.25, 0.3) is 22.3 Å². The average Bonchev–Trinajstić information content (AvgIpc) is 2.77. The first-order valence-electron chi connectivity index (χ1n) is 8.69. The second-order valence-electron chi connectivity index (χ2n) is 6.01. The van der Waals surface area contributed by atoms with Crippen molar-refractivity contribution < 1.29 is 9.26 Å². The summed E-state index contributed by atoms with van der Waals surface area (Å²) in [6, 6.07) is 21.2. The number of rotatable bonds is 5. The molecule has 6 heteroatoms. The number of pyridine rings is 2. The standard InChI is InChI=1S/C22H18N3O2P/c1-26-20-8-4-2-6-15(20)14-24-19-12-13-23-18-11-10-17(25-22(18)19)16-7-3-5-9-21(16)27-28/h2-14H,28H2,1H3. The number of para-hydroxylation sites is 2. The Labute approximate surface area is 165 Å². The smallest absolute Gasteiger partial charge is 0.131 e. The van der Waals surface area contributed by atoms with Crippen molar-refractivity contribution in [3.8, 4) is 22.8 Å². The van der Waals surface area contributed by atoms with E-state index in [-0.39, 0.29) is 0 Å². The van der Waals surface area contributed by atoms with Crippen molar-refractivity contribution in [3.05, 3.63) is 78.5 Å². The maximum absolute atomic E-state index is 5.39. The molecule has 1 atom stereocenters. The molecule has 2 aromatic carbocycles. The van der Waals surface area contributed by atoms with Crippen molar-refractivity contribution >= 4 is 32.4 Å². The van der Waals surface area contributed by atoms with Gasteiger partial charge in [0.05, 0.1) is 33.5 Å². The summed E-state index contributed by atoms with van der Waals surface area (Å²) >= 11 is 0. The fourth-order valence-corrected chi connectivity index (χ4v) is 3.16. The molecule has 0 saturated heterocycles. The van der Waals surface area contributed by atoms with Crippen molar-refractivity contribution in [3.63, 3.8) is 0 Å². The second-order valence-corrected chi connectivity index (χ2v) is 6.24. The zero-order valence-electron chi connectivity index (χ0n) is 15.2. The van der Waals surface area contributed by atoms with Crippen LogP contribution < -0.4 is 9.26 Å². The van der Waals surface area contributed by atoms with Gasteiger partial charge in [-0.15, -0.1) is 0 Å². The lowest BCUT2D eigenvalue weighted by atomic mass is 10.1. The molecule has 4 aromatic rings. The Balaban J connectivity index is 1.80. The second kappa shape index (κ2) is 8.15. The molecular weight excluding hydrogens is 369 g/mol. The van der Waals surface area contributed by atoms with Crippen molar-refractivity contribution in [1.29, 1.82) is 0 Å². The van der Waals surface area contributed by atoms with E-state index in [1.54, 1.807) is 19.5 Å². The molecule has 1 unspecified atom stereocenters. The number of nitrogens with zero attached hydrogens (tertiary/aromatic N) is 3. The largest absolute Gasteiger partial charge is 0.496 e. The predicted molar refractivity (Wildman–Crippen MR) is 116 cm³/mol. The lowest BCUT2D eigenvalue weighted by Gasteiger charge is -2.09. The Hall–Kier alpha value is -3.30. The van der Waals surface area contributed by atoms with E-state index in [1.807, 2.05) is 66.7 Å². The molecule has 0 N–H and O–H groups in total. The molecule has 0 saturated carbocycles. The highest BCUT2D eigenvalue weighted by atomic mass is 31.0. The van der Waals surface area contributed by atoms with Gasteiger partial charge in [0, 0.05) is 23.5 Å². The van der Waals surface area contributed by atoms with Gasteiger partial charge in [-0.3, -0.25) is 9.98 Å². The van der Waals surface area contributed by atoms with Crippen LogP contribution in [0, 0.1) is 0 Å². The SMILES string of the molecule is COc1ccccc1C=Nc1ccnc2ccc(-c3ccccc3OP)nc12. The van der Waals surface area contributed by atoms with E-state index in [0.29, 0.717) is 0 Å². The monoisotopic (exact) mass is 387 g/mol. The fourth-order valence-electron chi connectivity index (χ4n) is 2.96. The first-order chi connectivity index (χ1) is 13.8. The van der Waals surface area contributed by atoms with Gasteiger partial charge in [0.25, 0.3) is 0 Å². The molecule has 4 rings (SSSR count). The van der Waals surface area contributed by atoms with E-state index in [0.717, 1.165) is 45.0 Å². The summed E-state index contributed by atoms with van der Waals surface area (Å²) in [5, 5.41) is 0. The third-order valence-corrected chi connectivity index (χ3v) is 4.59. The van der Waals surface area contributed by atoms with Crippen molar-refractivity contribution in [1.82, 2.24) is 9.97 Å². The predicted octanol–water partition coefficient (Wildman–Crippen LogP) is 5.22. The quantitative estimate of drug-likeness (QED) is 0.348. The van der Waals surface area contributed by atoms with Crippen LogP contribution in [-0.2, 0) is 0 Å². The molecule has 5 nitrogen and oxygen atoms in total. The van der Waals surface area contributed by atoms with Crippen LogP contribution in [0.2, 0.25) is 0 Å². The zero-order chi connectivity index (χ0) is 19.3. The van der Waals surface area contributed by atoms with Crippen LogP contribution in [0.4, 0.5) is 5.69 Å². The van der Waals surface area contributed by atoms with Gasteiger partial charge in [-0.2, -0.15) is 0 Å². The number of aliphatic imine (C=N–C) groups is 1. The summed E-state index contributed by atoms with van der Waals surface area (Å²) in [5.74, 6) is 1.51. The first-order valence-corrected chi connectivity index (χ1v) is 9.16. The van der Waals surface area contributed by atoms with Gasteiger partial charge in [-0.05, 0) is 42.5 Å². The minimum atomic E-state index is 0.727. The Morgan fingerprint density at radius 2 is 1.71 bits per heavy atom. The Kier molecular flexibility index (Phi) is 5.27. The highest BCUT2D eigenvalue weighted by molar-refractivity contribution is 7.10. The van der Waals surface area contributed by atoms with Crippen LogP contribution in [-0.4, -0.2) is 23.3 Å². The minimum absolute atomic E-state index is 0.727. The number of fused-ring (bicyclic) bond motifs is 1. The molecule has 28 heavy (non-hydrogen) atoms. The summed E-state index contributed by atoms with van der Waals surface area (Å²) < 4.78 is 10.8. The average molecular weight is 387 g/mol. The molecule has 0 aliphatic heterocycles. The molecule has 0 bridgehead atoms. The molecule has 0 aliphatic carbocycles. The maximum atomic E-state index is 5.39. The van der Waals surface area contributed by atoms with Crippen molar-refractivity contribution in [2.24, 2.45) is 4.99 Å². The Morgan fingerprint density at radius 1 is 0.929 bits per heavy atom. The normalized spacial score (nSPS) is 11.1. The molecule has 0 spiro atoms. The van der Waals surface area contributed by atoms with Crippen LogP contribution in [0.15, 0.2) is 77.9 Å². The molecule has 2 aromatic heterocycles. The summed E-state index contributed by atoms with van der Waals surface area (Å²) in [6.45, 7) is 0. The summed E-state index contributed by atoms with van der Waals surface area (Å²) in [4.78, 5) is 13.9. The molecule has 138 valence electrons. The summed E-state index contributed by atoms with van der Waals surface area (Å²) in [6.07, 6.45) is 3.51. The highest BCUT2D eigenvalue weighted by Crippen LogP contribution is 2.32. The van der Waals surface area contributed by atoms with Crippen LogP contribution >= 0.6 is 9.47 Å². The van der Waals surface area contributed by atoms with Gasteiger partial charge < -0.3 is 9.26 Å². The van der Waals surface area contributed by atoms with E-state index in [9.17, 15) is 0 Å². The summed E-state index contributed by atoms with van der Waals surface area (Å²) in [7, 11) is 3.93. The van der Waals surface area contributed by atoms with Gasteiger partial charge in [-0.1, -0.05) is 24.3 Å². The number of benzene rings is 2. The van der Waals surface area contributed by atoms with Gasteiger partial charge in [-0.25, -0.2) is 4.98 Å². The number of hydrogen-bond acceptors (Lipinski definition) is 5. The van der Waals surface area contributed by atoms with E-state index >= 15 is 0 Å². The number of aromatic nitrogens is 2. The number of ether oxygens (including phenoxy) is 1. The van der Waals surface area contributed by atoms with Gasteiger partial charge in [0.1, 0.15) is 17.0 Å². The van der Waals surface area contributed by atoms with Gasteiger partial charge in [0.2, 0.25) is 0 Å². The van der Waals surface area contributed by atoms with Crippen LogP contribution in [0.5, 0.6) is 11.5 Å². The Bertz CT molecular complexity index is 1160. The fraction of sp³-hybridized carbons (Fsp3) is 0.0455. The zero-order valence-corrected chi connectivity index (χ0v) is 16.4. The van der Waals surface area contributed by atoms with Gasteiger partial charge >= 0.3 is 0 Å². The summed E-state index contributed by atoms with van der Waals surface area (Å²) in [5.41, 5.74) is 4.84. The molecule has 2 heterocycles.